The van der Waals surface area contributed by atoms with Gasteiger partial charge in [-0.2, -0.15) is 0 Å². The third-order valence-electron chi connectivity index (χ3n) is 4.73. The lowest BCUT2D eigenvalue weighted by molar-refractivity contribution is -0.110. The SMILES string of the molecule is CCOC(=O)c1ccc2c(c1)NC(=O)C2=C(CC)Nc1ccc(-c2nnn[nH]2)cc1. The van der Waals surface area contributed by atoms with Gasteiger partial charge in [0.25, 0.3) is 5.91 Å². The van der Waals surface area contributed by atoms with E-state index in [0.29, 0.717) is 35.7 Å². The van der Waals surface area contributed by atoms with Crippen LogP contribution < -0.4 is 10.6 Å². The number of benzene rings is 2. The van der Waals surface area contributed by atoms with Crippen LogP contribution in [0.15, 0.2) is 48.2 Å². The second-order valence-corrected chi connectivity index (χ2v) is 6.59. The summed E-state index contributed by atoms with van der Waals surface area (Å²) < 4.78 is 5.03. The molecule has 0 bridgehead atoms. The summed E-state index contributed by atoms with van der Waals surface area (Å²) in [5.74, 6) is -0.0419. The van der Waals surface area contributed by atoms with Gasteiger partial charge >= 0.3 is 5.97 Å². The molecule has 0 spiro atoms. The van der Waals surface area contributed by atoms with E-state index in [1.165, 1.54) is 0 Å². The summed E-state index contributed by atoms with van der Waals surface area (Å²) in [6.07, 6.45) is 0.621. The fraction of sp³-hybridized carbons (Fsp3) is 0.190. The molecule has 2 heterocycles. The highest BCUT2D eigenvalue weighted by atomic mass is 16.5. The van der Waals surface area contributed by atoms with Gasteiger partial charge < -0.3 is 15.4 Å². The van der Waals surface area contributed by atoms with Crippen LogP contribution in [0.1, 0.15) is 36.2 Å². The molecule has 9 heteroatoms. The predicted octanol–water partition coefficient (Wildman–Crippen LogP) is 3.23. The molecule has 9 nitrogen and oxygen atoms in total. The molecule has 152 valence electrons. The van der Waals surface area contributed by atoms with Crippen molar-refractivity contribution in [2.24, 2.45) is 0 Å². The van der Waals surface area contributed by atoms with E-state index in [4.69, 9.17) is 4.74 Å². The number of rotatable bonds is 6. The molecule has 0 radical (unpaired) electrons. The van der Waals surface area contributed by atoms with E-state index in [-0.39, 0.29) is 5.91 Å². The highest BCUT2D eigenvalue weighted by molar-refractivity contribution is 6.32. The molecular weight excluding hydrogens is 384 g/mol. The second-order valence-electron chi connectivity index (χ2n) is 6.59. The fourth-order valence-electron chi connectivity index (χ4n) is 3.31. The Morgan fingerprint density at radius 1 is 1.13 bits per heavy atom. The van der Waals surface area contributed by atoms with E-state index < -0.39 is 5.97 Å². The van der Waals surface area contributed by atoms with Gasteiger partial charge in [0.05, 0.1) is 23.4 Å². The Labute approximate surface area is 172 Å². The lowest BCUT2D eigenvalue weighted by Crippen LogP contribution is -2.10. The number of H-pyrrole nitrogens is 1. The summed E-state index contributed by atoms with van der Waals surface area (Å²) >= 11 is 0. The molecule has 1 aliphatic heterocycles. The number of aromatic amines is 1. The Morgan fingerprint density at radius 3 is 2.60 bits per heavy atom. The van der Waals surface area contributed by atoms with Gasteiger partial charge in [-0.25, -0.2) is 9.89 Å². The largest absolute Gasteiger partial charge is 0.462 e. The molecule has 2 aromatic carbocycles. The van der Waals surface area contributed by atoms with Crippen LogP contribution in [0, 0.1) is 0 Å². The zero-order chi connectivity index (χ0) is 21.1. The Kier molecular flexibility index (Phi) is 5.25. The summed E-state index contributed by atoms with van der Waals surface area (Å²) in [7, 11) is 0. The third-order valence-corrected chi connectivity index (χ3v) is 4.73. The minimum Gasteiger partial charge on any atom is -0.462 e. The third kappa shape index (κ3) is 3.64. The molecule has 30 heavy (non-hydrogen) atoms. The van der Waals surface area contributed by atoms with Crippen molar-refractivity contribution < 1.29 is 14.3 Å². The maximum Gasteiger partial charge on any atom is 0.338 e. The smallest absolute Gasteiger partial charge is 0.338 e. The number of carbonyl (C=O) groups excluding carboxylic acids is 2. The van der Waals surface area contributed by atoms with Crippen molar-refractivity contribution in [2.75, 3.05) is 17.2 Å². The average Bonchev–Trinajstić information content (AvgIpc) is 3.40. The van der Waals surface area contributed by atoms with Crippen molar-refractivity contribution in [3.05, 3.63) is 59.3 Å². The summed E-state index contributed by atoms with van der Waals surface area (Å²) in [6, 6.07) is 12.6. The first-order chi connectivity index (χ1) is 14.6. The number of anilines is 2. The fourth-order valence-corrected chi connectivity index (χ4v) is 3.31. The average molecular weight is 404 g/mol. The standard InChI is InChI=1S/C21H20N6O3/c1-3-16(22-14-8-5-12(6-9-14)19-24-26-27-25-19)18-15-10-7-13(21(29)30-4-2)11-17(15)23-20(18)28/h5-11,22H,3-4H2,1-2H3,(H,23,28)(H,24,25,26,27). The molecule has 0 saturated heterocycles. The lowest BCUT2D eigenvalue weighted by Gasteiger charge is -2.13. The van der Waals surface area contributed by atoms with Gasteiger partial charge in [-0.15, -0.1) is 5.10 Å². The monoisotopic (exact) mass is 404 g/mol. The summed E-state index contributed by atoms with van der Waals surface area (Å²) in [5, 5.41) is 19.9. The first-order valence-electron chi connectivity index (χ1n) is 9.58. The maximum atomic E-state index is 12.7. The molecule has 0 fully saturated rings. The summed E-state index contributed by atoms with van der Waals surface area (Å²) in [4.78, 5) is 24.7. The molecule has 0 saturated carbocycles. The highest BCUT2D eigenvalue weighted by Gasteiger charge is 2.28. The van der Waals surface area contributed by atoms with Crippen LogP contribution in [0.4, 0.5) is 11.4 Å². The molecule has 0 unspecified atom stereocenters. The van der Waals surface area contributed by atoms with Crippen molar-refractivity contribution in [3.63, 3.8) is 0 Å². The number of fused-ring (bicyclic) bond motifs is 1. The first kappa shape index (κ1) is 19.3. The van der Waals surface area contributed by atoms with Crippen molar-refractivity contribution in [1.82, 2.24) is 20.6 Å². The minimum absolute atomic E-state index is 0.209. The van der Waals surface area contributed by atoms with Crippen molar-refractivity contribution in [2.45, 2.75) is 20.3 Å². The molecular formula is C21H20N6O3. The zero-order valence-electron chi connectivity index (χ0n) is 16.5. The quantitative estimate of drug-likeness (QED) is 0.426. The van der Waals surface area contributed by atoms with E-state index in [9.17, 15) is 9.59 Å². The first-order valence-corrected chi connectivity index (χ1v) is 9.58. The maximum absolute atomic E-state index is 12.7. The number of amides is 1. The van der Waals surface area contributed by atoms with Crippen LogP contribution in [0.5, 0.6) is 0 Å². The Balaban J connectivity index is 1.63. The van der Waals surface area contributed by atoms with E-state index in [1.807, 2.05) is 31.2 Å². The number of allylic oxidation sites excluding steroid dienone is 1. The van der Waals surface area contributed by atoms with Crippen LogP contribution in [0.25, 0.3) is 17.0 Å². The Bertz CT molecular complexity index is 1120. The van der Waals surface area contributed by atoms with Gasteiger partial charge in [0, 0.05) is 22.5 Å². The number of nitrogens with zero attached hydrogens (tertiary/aromatic N) is 3. The number of esters is 1. The highest BCUT2D eigenvalue weighted by Crippen LogP contribution is 2.36. The van der Waals surface area contributed by atoms with Gasteiger partial charge in [0.1, 0.15) is 0 Å². The van der Waals surface area contributed by atoms with Crippen LogP contribution >= 0.6 is 0 Å². The normalized spacial score (nSPS) is 14.1. The van der Waals surface area contributed by atoms with Gasteiger partial charge in [-0.1, -0.05) is 13.0 Å². The van der Waals surface area contributed by atoms with E-state index in [0.717, 1.165) is 22.5 Å². The second kappa shape index (κ2) is 8.16. The Hall–Kier alpha value is -4.01. The van der Waals surface area contributed by atoms with Crippen LogP contribution in [0.2, 0.25) is 0 Å². The number of aromatic nitrogens is 4. The van der Waals surface area contributed by atoms with E-state index >= 15 is 0 Å². The summed E-state index contributed by atoms with van der Waals surface area (Å²) in [6.45, 7) is 4.02. The molecule has 3 aromatic rings. The van der Waals surface area contributed by atoms with E-state index in [2.05, 4.69) is 31.3 Å². The number of nitrogens with one attached hydrogen (secondary N) is 3. The van der Waals surface area contributed by atoms with Crippen LogP contribution in [0.3, 0.4) is 0 Å². The van der Waals surface area contributed by atoms with Crippen molar-refractivity contribution in [3.8, 4) is 11.4 Å². The van der Waals surface area contributed by atoms with Crippen molar-refractivity contribution >= 4 is 28.8 Å². The molecule has 4 rings (SSSR count). The van der Waals surface area contributed by atoms with Crippen LogP contribution in [-0.4, -0.2) is 39.1 Å². The molecule has 3 N–H and O–H groups in total. The number of hydrogen-bond acceptors (Lipinski definition) is 7. The van der Waals surface area contributed by atoms with Gasteiger partial charge in [0.2, 0.25) is 0 Å². The number of ether oxygens (including phenoxy) is 1. The minimum atomic E-state index is -0.414. The number of hydrogen-bond donors (Lipinski definition) is 3. The topological polar surface area (TPSA) is 122 Å². The lowest BCUT2D eigenvalue weighted by atomic mass is 10.0. The molecule has 1 aromatic heterocycles. The zero-order valence-corrected chi connectivity index (χ0v) is 16.5. The van der Waals surface area contributed by atoms with Crippen molar-refractivity contribution in [1.29, 1.82) is 0 Å². The number of carbonyl (C=O) groups is 2. The molecule has 1 aliphatic rings. The van der Waals surface area contributed by atoms with Gasteiger partial charge in [-0.3, -0.25) is 4.79 Å². The molecule has 0 atom stereocenters. The molecule has 0 aliphatic carbocycles. The van der Waals surface area contributed by atoms with Crippen LogP contribution in [-0.2, 0) is 9.53 Å². The van der Waals surface area contributed by atoms with E-state index in [1.54, 1.807) is 25.1 Å². The predicted molar refractivity (Wildman–Crippen MR) is 111 cm³/mol. The summed E-state index contributed by atoms with van der Waals surface area (Å²) in [5.41, 5.74) is 4.78. The number of tetrazole rings is 1. The molecule has 1 amide bonds. The Morgan fingerprint density at radius 2 is 1.93 bits per heavy atom. The van der Waals surface area contributed by atoms with Gasteiger partial charge in [-0.05, 0) is 60.2 Å². The van der Waals surface area contributed by atoms with Gasteiger partial charge in [0.15, 0.2) is 5.82 Å².